The van der Waals surface area contributed by atoms with Gasteiger partial charge in [-0.3, -0.25) is 4.68 Å². The van der Waals surface area contributed by atoms with Crippen molar-refractivity contribution in [3.63, 3.8) is 0 Å². The first-order chi connectivity index (χ1) is 9.97. The van der Waals surface area contributed by atoms with Crippen molar-refractivity contribution >= 4 is 27.5 Å². The van der Waals surface area contributed by atoms with Crippen LogP contribution in [-0.4, -0.2) is 16.8 Å². The summed E-state index contributed by atoms with van der Waals surface area (Å²) in [5.41, 5.74) is 3.05. The summed E-state index contributed by atoms with van der Waals surface area (Å²) in [6.07, 6.45) is 0.744. The topological polar surface area (TPSA) is 29.9 Å². The highest BCUT2D eigenvalue weighted by Gasteiger charge is 2.18. The quantitative estimate of drug-likeness (QED) is 0.847. The van der Waals surface area contributed by atoms with Gasteiger partial charge < -0.3 is 5.32 Å². The second kappa shape index (κ2) is 6.90. The Morgan fingerprint density at radius 1 is 1.48 bits per heavy atom. The van der Waals surface area contributed by atoms with Crippen LogP contribution in [0.15, 0.2) is 22.7 Å². The number of aromatic nitrogens is 2. The van der Waals surface area contributed by atoms with Crippen LogP contribution in [0.4, 0.5) is 4.39 Å². The smallest absolute Gasteiger partial charge is 0.141 e. The minimum Gasteiger partial charge on any atom is -0.313 e. The van der Waals surface area contributed by atoms with Crippen LogP contribution in [0, 0.1) is 12.7 Å². The minimum atomic E-state index is -0.397. The predicted octanol–water partition coefficient (Wildman–Crippen LogP) is 4.27. The number of nitrogens with one attached hydrogen (secondary N) is 1. The van der Waals surface area contributed by atoms with Crippen molar-refractivity contribution in [3.8, 4) is 0 Å². The molecule has 114 valence electrons. The summed E-state index contributed by atoms with van der Waals surface area (Å²) in [6, 6.07) is 4.88. The highest BCUT2D eigenvalue weighted by atomic mass is 79.9. The van der Waals surface area contributed by atoms with Gasteiger partial charge in [0.05, 0.1) is 20.9 Å². The molecular weight excluding hydrogens is 357 g/mol. The number of hydrogen-bond acceptors (Lipinski definition) is 2. The predicted molar refractivity (Wildman–Crippen MR) is 87.3 cm³/mol. The standard InChI is InChI=1S/C15H18BrClFN3/c1-4-21-14(15(16)9(2)20-21)8-13(19-3)10-5-6-12(18)11(17)7-10/h5-7,13,19H,4,8H2,1-3H3. The van der Waals surface area contributed by atoms with Crippen molar-refractivity contribution in [1.82, 2.24) is 15.1 Å². The highest BCUT2D eigenvalue weighted by molar-refractivity contribution is 9.10. The number of hydrogen-bond donors (Lipinski definition) is 1. The van der Waals surface area contributed by atoms with E-state index in [0.29, 0.717) is 0 Å². The molecule has 3 nitrogen and oxygen atoms in total. The van der Waals surface area contributed by atoms with Gasteiger partial charge in [-0.2, -0.15) is 5.10 Å². The molecule has 0 spiro atoms. The zero-order valence-electron chi connectivity index (χ0n) is 12.3. The zero-order valence-corrected chi connectivity index (χ0v) is 14.6. The largest absolute Gasteiger partial charge is 0.313 e. The molecule has 1 N–H and O–H groups in total. The summed E-state index contributed by atoms with van der Waals surface area (Å²) in [5, 5.41) is 7.90. The number of rotatable bonds is 5. The van der Waals surface area contributed by atoms with Crippen LogP contribution in [0.5, 0.6) is 0 Å². The van der Waals surface area contributed by atoms with Crippen molar-refractivity contribution in [2.45, 2.75) is 32.9 Å². The van der Waals surface area contributed by atoms with E-state index >= 15 is 0 Å². The number of halogens is 3. The van der Waals surface area contributed by atoms with Gasteiger partial charge in [-0.05, 0) is 54.5 Å². The molecule has 6 heteroatoms. The van der Waals surface area contributed by atoms with Gasteiger partial charge in [0.25, 0.3) is 0 Å². The number of likely N-dealkylation sites (N-methyl/N-ethyl adjacent to an activating group) is 1. The van der Waals surface area contributed by atoms with E-state index in [0.717, 1.165) is 34.4 Å². The van der Waals surface area contributed by atoms with Gasteiger partial charge in [-0.1, -0.05) is 17.7 Å². The van der Waals surface area contributed by atoms with E-state index in [1.165, 1.54) is 6.07 Å². The number of aryl methyl sites for hydroxylation is 2. The first-order valence-corrected chi connectivity index (χ1v) is 7.99. The molecule has 0 aliphatic heterocycles. The van der Waals surface area contributed by atoms with E-state index < -0.39 is 5.82 Å². The lowest BCUT2D eigenvalue weighted by Crippen LogP contribution is -2.21. The molecule has 0 saturated heterocycles. The molecule has 2 aromatic rings. The Morgan fingerprint density at radius 2 is 2.19 bits per heavy atom. The fourth-order valence-corrected chi connectivity index (χ4v) is 3.01. The van der Waals surface area contributed by atoms with Crippen LogP contribution in [0.25, 0.3) is 0 Å². The fourth-order valence-electron chi connectivity index (χ4n) is 2.37. The van der Waals surface area contributed by atoms with Gasteiger partial charge in [0.1, 0.15) is 5.82 Å². The minimum absolute atomic E-state index is 0.0424. The summed E-state index contributed by atoms with van der Waals surface area (Å²) in [4.78, 5) is 0. The summed E-state index contributed by atoms with van der Waals surface area (Å²) in [5.74, 6) is -0.397. The monoisotopic (exact) mass is 373 g/mol. The second-order valence-electron chi connectivity index (χ2n) is 4.88. The third-order valence-corrected chi connectivity index (χ3v) is 4.87. The first-order valence-electron chi connectivity index (χ1n) is 6.81. The van der Waals surface area contributed by atoms with E-state index in [1.807, 2.05) is 18.7 Å². The molecule has 0 fully saturated rings. The van der Waals surface area contributed by atoms with Gasteiger partial charge in [0, 0.05) is 19.0 Å². The summed E-state index contributed by atoms with van der Waals surface area (Å²) >= 11 is 9.48. The van der Waals surface area contributed by atoms with Crippen molar-refractivity contribution in [1.29, 1.82) is 0 Å². The maximum Gasteiger partial charge on any atom is 0.141 e. The third-order valence-electron chi connectivity index (χ3n) is 3.54. The third kappa shape index (κ3) is 3.47. The number of benzene rings is 1. The van der Waals surface area contributed by atoms with Gasteiger partial charge >= 0.3 is 0 Å². The van der Waals surface area contributed by atoms with Crippen LogP contribution in [0.1, 0.15) is 29.9 Å². The molecule has 0 radical (unpaired) electrons. The normalized spacial score (nSPS) is 12.7. The van der Waals surface area contributed by atoms with E-state index in [-0.39, 0.29) is 11.1 Å². The lowest BCUT2D eigenvalue weighted by Gasteiger charge is -2.18. The SMILES string of the molecule is CCn1nc(C)c(Br)c1CC(NC)c1ccc(F)c(Cl)c1. The van der Waals surface area contributed by atoms with E-state index in [9.17, 15) is 4.39 Å². The zero-order chi connectivity index (χ0) is 15.6. The van der Waals surface area contributed by atoms with E-state index in [1.54, 1.807) is 12.1 Å². The Hall–Kier alpha value is -0.910. The molecule has 1 unspecified atom stereocenters. The van der Waals surface area contributed by atoms with Gasteiger partial charge in [0.15, 0.2) is 0 Å². The summed E-state index contributed by atoms with van der Waals surface area (Å²) in [7, 11) is 1.88. The van der Waals surface area contributed by atoms with Crippen LogP contribution in [0.2, 0.25) is 5.02 Å². The van der Waals surface area contributed by atoms with Gasteiger partial charge in [-0.15, -0.1) is 0 Å². The molecule has 21 heavy (non-hydrogen) atoms. The summed E-state index contributed by atoms with van der Waals surface area (Å²) in [6.45, 7) is 4.84. The summed E-state index contributed by atoms with van der Waals surface area (Å²) < 4.78 is 16.3. The van der Waals surface area contributed by atoms with Gasteiger partial charge in [0.2, 0.25) is 0 Å². The Morgan fingerprint density at radius 3 is 2.76 bits per heavy atom. The number of nitrogens with zero attached hydrogens (tertiary/aromatic N) is 2. The van der Waals surface area contributed by atoms with Crippen LogP contribution >= 0.6 is 27.5 Å². The molecule has 1 atom stereocenters. The average Bonchev–Trinajstić information content (AvgIpc) is 2.75. The van der Waals surface area contributed by atoms with Crippen LogP contribution < -0.4 is 5.32 Å². The van der Waals surface area contributed by atoms with Crippen LogP contribution in [0.3, 0.4) is 0 Å². The molecule has 0 aliphatic carbocycles. The van der Waals surface area contributed by atoms with Gasteiger partial charge in [-0.25, -0.2) is 4.39 Å². The van der Waals surface area contributed by atoms with Crippen molar-refractivity contribution in [2.75, 3.05) is 7.05 Å². The Bertz CT molecular complexity index is 642. The van der Waals surface area contributed by atoms with E-state index in [4.69, 9.17) is 11.6 Å². The molecular formula is C15H18BrClFN3. The van der Waals surface area contributed by atoms with Crippen molar-refractivity contribution < 1.29 is 4.39 Å². The van der Waals surface area contributed by atoms with Crippen molar-refractivity contribution in [2.24, 2.45) is 0 Å². The Labute approximate surface area is 137 Å². The first kappa shape index (κ1) is 16.5. The molecule has 0 amide bonds. The Balaban J connectivity index is 2.33. The second-order valence-corrected chi connectivity index (χ2v) is 6.08. The molecule has 0 saturated carbocycles. The lowest BCUT2D eigenvalue weighted by atomic mass is 10.0. The highest BCUT2D eigenvalue weighted by Crippen LogP contribution is 2.28. The average molecular weight is 375 g/mol. The maximum absolute atomic E-state index is 13.3. The molecule has 0 bridgehead atoms. The van der Waals surface area contributed by atoms with Crippen molar-refractivity contribution in [3.05, 3.63) is 50.5 Å². The maximum atomic E-state index is 13.3. The van der Waals surface area contributed by atoms with Crippen LogP contribution in [-0.2, 0) is 13.0 Å². The Kier molecular flexibility index (Phi) is 5.41. The fraction of sp³-hybridized carbons (Fsp3) is 0.400. The molecule has 1 aromatic heterocycles. The molecule has 1 heterocycles. The van der Waals surface area contributed by atoms with E-state index in [2.05, 4.69) is 33.3 Å². The molecule has 1 aromatic carbocycles. The molecule has 0 aliphatic rings. The lowest BCUT2D eigenvalue weighted by molar-refractivity contribution is 0.538. The molecule has 2 rings (SSSR count).